The van der Waals surface area contributed by atoms with Gasteiger partial charge in [-0.2, -0.15) is 9.57 Å². The number of nitrogens with one attached hydrogen (secondary N) is 1. The average molecular weight is 544 g/mol. The van der Waals surface area contributed by atoms with E-state index >= 15 is 0 Å². The number of fused-ring (bicyclic) bond motifs is 1. The first-order valence-corrected chi connectivity index (χ1v) is 14.5. The van der Waals surface area contributed by atoms with Crippen molar-refractivity contribution in [3.63, 3.8) is 0 Å². The molecule has 1 aliphatic rings. The first-order valence-electron chi connectivity index (χ1n) is 13.1. The van der Waals surface area contributed by atoms with Crippen molar-refractivity contribution in [2.24, 2.45) is 0 Å². The molecule has 0 radical (unpaired) electrons. The summed E-state index contributed by atoms with van der Waals surface area (Å²) in [6.45, 7) is 4.48. The molecule has 10 heteroatoms. The number of nitriles is 1. The van der Waals surface area contributed by atoms with Crippen molar-refractivity contribution in [3.05, 3.63) is 72.2 Å². The largest absolute Gasteiger partial charge is 0.367 e. The standard InChI is InChI=1S/C29H33N7O2S/c1-21-4-9-28(31-18-21)33-25-10-12-36(13-11-25)39(37,38)26-7-5-22(6-8-26)23-16-27-24(17-30)20-35(15-14-34(2)3)29(27)32-19-23/h4-9,16,18-20,25H,10-15H2,1-3H3,(H,31,33). The lowest BCUT2D eigenvalue weighted by Gasteiger charge is -2.32. The third-order valence-electron chi connectivity index (χ3n) is 7.17. The molecule has 1 saturated heterocycles. The second kappa shape index (κ2) is 11.1. The molecule has 0 amide bonds. The summed E-state index contributed by atoms with van der Waals surface area (Å²) in [6, 6.07) is 15.3. The minimum atomic E-state index is -3.59. The lowest BCUT2D eigenvalue weighted by atomic mass is 10.1. The SMILES string of the molecule is Cc1ccc(NC2CCN(S(=O)(=O)c3ccc(-c4cnc5c(c4)c(C#N)cn5CCN(C)C)cc3)CC2)nc1. The van der Waals surface area contributed by atoms with E-state index in [1.54, 1.807) is 22.6 Å². The Labute approximate surface area is 229 Å². The zero-order valence-electron chi connectivity index (χ0n) is 22.5. The monoisotopic (exact) mass is 543 g/mol. The lowest BCUT2D eigenvalue weighted by molar-refractivity contribution is 0.329. The summed E-state index contributed by atoms with van der Waals surface area (Å²) in [5.41, 5.74) is 4.14. The fourth-order valence-corrected chi connectivity index (χ4v) is 6.34. The van der Waals surface area contributed by atoms with Crippen molar-refractivity contribution in [2.75, 3.05) is 39.0 Å². The van der Waals surface area contributed by atoms with E-state index in [0.29, 0.717) is 31.5 Å². The van der Waals surface area contributed by atoms with Gasteiger partial charge in [-0.3, -0.25) is 0 Å². The molecule has 1 N–H and O–H groups in total. The van der Waals surface area contributed by atoms with Gasteiger partial charge < -0.3 is 14.8 Å². The van der Waals surface area contributed by atoms with E-state index < -0.39 is 10.0 Å². The number of piperidine rings is 1. The van der Waals surface area contributed by atoms with Crippen LogP contribution in [-0.2, 0) is 16.6 Å². The Morgan fingerprint density at radius 1 is 1.05 bits per heavy atom. The molecule has 39 heavy (non-hydrogen) atoms. The number of sulfonamides is 1. The lowest BCUT2D eigenvalue weighted by Crippen LogP contribution is -2.42. The highest BCUT2D eigenvalue weighted by atomic mass is 32.2. The molecule has 4 heterocycles. The van der Waals surface area contributed by atoms with Crippen LogP contribution in [0.4, 0.5) is 5.82 Å². The van der Waals surface area contributed by atoms with E-state index in [9.17, 15) is 13.7 Å². The molecule has 1 aliphatic heterocycles. The molecule has 4 aromatic rings. The summed E-state index contributed by atoms with van der Waals surface area (Å²) in [4.78, 5) is 11.4. The van der Waals surface area contributed by atoms with Crippen LogP contribution in [0.2, 0.25) is 0 Å². The van der Waals surface area contributed by atoms with Crippen molar-refractivity contribution in [2.45, 2.75) is 37.2 Å². The van der Waals surface area contributed by atoms with Gasteiger partial charge in [0, 0.05) is 61.8 Å². The van der Waals surface area contributed by atoms with Crippen molar-refractivity contribution in [1.29, 1.82) is 5.26 Å². The zero-order valence-corrected chi connectivity index (χ0v) is 23.3. The van der Waals surface area contributed by atoms with E-state index in [0.717, 1.165) is 46.6 Å². The molecule has 3 aromatic heterocycles. The Morgan fingerprint density at radius 3 is 2.44 bits per heavy atom. The maximum absolute atomic E-state index is 13.3. The topological polar surface area (TPSA) is 107 Å². The molecule has 9 nitrogen and oxygen atoms in total. The highest BCUT2D eigenvalue weighted by Gasteiger charge is 2.29. The van der Waals surface area contributed by atoms with Crippen molar-refractivity contribution in [3.8, 4) is 17.2 Å². The molecule has 0 atom stereocenters. The Morgan fingerprint density at radius 2 is 1.79 bits per heavy atom. The molecule has 0 aliphatic carbocycles. The zero-order chi connectivity index (χ0) is 27.6. The molecule has 5 rings (SSSR count). The van der Waals surface area contributed by atoms with E-state index in [1.807, 2.05) is 68.3 Å². The van der Waals surface area contributed by atoms with Gasteiger partial charge in [0.1, 0.15) is 17.5 Å². The summed E-state index contributed by atoms with van der Waals surface area (Å²) in [6.07, 6.45) is 6.88. The number of aromatic nitrogens is 3. The van der Waals surface area contributed by atoms with Crippen LogP contribution in [0.5, 0.6) is 0 Å². The Bertz CT molecular complexity index is 1600. The van der Waals surface area contributed by atoms with Crippen LogP contribution in [0, 0.1) is 18.3 Å². The summed E-state index contributed by atoms with van der Waals surface area (Å²) < 4.78 is 30.3. The first kappa shape index (κ1) is 26.8. The van der Waals surface area contributed by atoms with Gasteiger partial charge in [0.25, 0.3) is 0 Å². The predicted octanol–water partition coefficient (Wildman–Crippen LogP) is 4.11. The minimum Gasteiger partial charge on any atom is -0.367 e. The summed E-state index contributed by atoms with van der Waals surface area (Å²) in [5.74, 6) is 0.817. The number of likely N-dealkylation sites (N-methyl/N-ethyl adjacent to an activating group) is 1. The van der Waals surface area contributed by atoms with Gasteiger partial charge >= 0.3 is 0 Å². The van der Waals surface area contributed by atoms with Crippen LogP contribution in [0.15, 0.2) is 66.0 Å². The van der Waals surface area contributed by atoms with Gasteiger partial charge in [-0.1, -0.05) is 18.2 Å². The van der Waals surface area contributed by atoms with Crippen LogP contribution >= 0.6 is 0 Å². The number of aryl methyl sites for hydroxylation is 1. The van der Waals surface area contributed by atoms with Crippen molar-refractivity contribution < 1.29 is 8.42 Å². The first-order chi connectivity index (χ1) is 18.7. The van der Waals surface area contributed by atoms with E-state index in [-0.39, 0.29) is 10.9 Å². The number of hydrogen-bond acceptors (Lipinski definition) is 7. The number of benzene rings is 1. The van der Waals surface area contributed by atoms with Crippen LogP contribution in [-0.4, -0.2) is 71.9 Å². The number of rotatable bonds is 8. The second-order valence-electron chi connectivity index (χ2n) is 10.3. The summed E-state index contributed by atoms with van der Waals surface area (Å²) in [5, 5.41) is 13.9. The van der Waals surface area contributed by atoms with Crippen LogP contribution in [0.3, 0.4) is 0 Å². The fraction of sp³-hybridized carbons (Fsp3) is 0.345. The maximum Gasteiger partial charge on any atom is 0.243 e. The average Bonchev–Trinajstić information content (AvgIpc) is 3.30. The van der Waals surface area contributed by atoms with Crippen LogP contribution in [0.1, 0.15) is 24.0 Å². The third-order valence-corrected chi connectivity index (χ3v) is 9.08. The Kier molecular flexibility index (Phi) is 7.66. The Balaban J connectivity index is 1.28. The highest BCUT2D eigenvalue weighted by molar-refractivity contribution is 7.89. The van der Waals surface area contributed by atoms with E-state index in [2.05, 4.69) is 26.3 Å². The molecule has 0 bridgehead atoms. The predicted molar refractivity (Wildman–Crippen MR) is 153 cm³/mol. The van der Waals surface area contributed by atoms with E-state index in [1.165, 1.54) is 0 Å². The summed E-state index contributed by atoms with van der Waals surface area (Å²) in [7, 11) is 0.425. The molecule has 0 spiro atoms. The van der Waals surface area contributed by atoms with Gasteiger partial charge in [-0.05, 0) is 69.3 Å². The number of pyridine rings is 2. The van der Waals surface area contributed by atoms with E-state index in [4.69, 9.17) is 0 Å². The second-order valence-corrected chi connectivity index (χ2v) is 12.3. The van der Waals surface area contributed by atoms with Gasteiger partial charge in [0.2, 0.25) is 10.0 Å². The smallest absolute Gasteiger partial charge is 0.243 e. The molecule has 1 aromatic carbocycles. The highest BCUT2D eigenvalue weighted by Crippen LogP contribution is 2.28. The number of hydrogen-bond donors (Lipinski definition) is 1. The van der Waals surface area contributed by atoms with Crippen molar-refractivity contribution >= 4 is 26.9 Å². The maximum atomic E-state index is 13.3. The summed E-state index contributed by atoms with van der Waals surface area (Å²) >= 11 is 0. The number of nitrogens with zero attached hydrogens (tertiary/aromatic N) is 6. The molecular weight excluding hydrogens is 510 g/mol. The molecule has 0 unspecified atom stereocenters. The minimum absolute atomic E-state index is 0.187. The molecule has 0 saturated carbocycles. The van der Waals surface area contributed by atoms with Crippen LogP contribution in [0.25, 0.3) is 22.2 Å². The molecular formula is C29H33N7O2S. The Hall–Kier alpha value is -3.78. The normalized spacial score (nSPS) is 15.1. The number of anilines is 1. The molecule has 202 valence electrons. The fourth-order valence-electron chi connectivity index (χ4n) is 4.87. The third kappa shape index (κ3) is 5.81. The quantitative estimate of drug-likeness (QED) is 0.356. The van der Waals surface area contributed by atoms with Gasteiger partial charge in [-0.15, -0.1) is 0 Å². The van der Waals surface area contributed by atoms with Gasteiger partial charge in [-0.25, -0.2) is 18.4 Å². The van der Waals surface area contributed by atoms with Gasteiger partial charge in [0.15, 0.2) is 0 Å². The molecule has 1 fully saturated rings. The van der Waals surface area contributed by atoms with Gasteiger partial charge in [0.05, 0.1) is 10.5 Å². The van der Waals surface area contributed by atoms with Crippen LogP contribution < -0.4 is 5.32 Å². The van der Waals surface area contributed by atoms with Crippen molar-refractivity contribution in [1.82, 2.24) is 23.7 Å².